The van der Waals surface area contributed by atoms with Gasteiger partial charge in [-0.2, -0.15) is 0 Å². The van der Waals surface area contributed by atoms with E-state index in [9.17, 15) is 0 Å². The summed E-state index contributed by atoms with van der Waals surface area (Å²) in [5, 5.41) is 0. The molecule has 3 rings (SSSR count). The lowest BCUT2D eigenvalue weighted by atomic mass is 10.3. The number of hydrogen-bond donors (Lipinski definition) is 0. The molecule has 0 aromatic heterocycles. The van der Waals surface area contributed by atoms with E-state index in [2.05, 4.69) is 104 Å². The van der Waals surface area contributed by atoms with E-state index in [0.29, 0.717) is 0 Å². The largest absolute Gasteiger partial charge is 0.244 e. The van der Waals surface area contributed by atoms with Gasteiger partial charge in [-0.1, -0.05) is 12.1 Å². The average Bonchev–Trinajstić information content (AvgIpc) is 2.87. The van der Waals surface area contributed by atoms with Crippen LogP contribution >= 0.6 is 63.7 Å². The summed E-state index contributed by atoms with van der Waals surface area (Å²) in [7, 11) is 0. The van der Waals surface area contributed by atoms with Crippen LogP contribution in [0, 0.1) is 0 Å². The van der Waals surface area contributed by atoms with Gasteiger partial charge >= 0.3 is 0 Å². The summed E-state index contributed by atoms with van der Waals surface area (Å²) in [6.45, 7) is 1.88. The maximum Gasteiger partial charge on any atom is 0.244 e. The van der Waals surface area contributed by atoms with E-state index in [-0.39, 0.29) is 0 Å². The number of benzene rings is 2. The fourth-order valence-electron chi connectivity index (χ4n) is 2.37. The first-order valence-electron chi connectivity index (χ1n) is 6.34. The zero-order chi connectivity index (χ0) is 15.0. The normalized spacial score (nSPS) is 14.5. The molecule has 0 unspecified atom stereocenters. The summed E-state index contributed by atoms with van der Waals surface area (Å²) in [6.07, 6.45) is 2.15. The number of anilines is 1. The molecule has 0 amide bonds. The van der Waals surface area contributed by atoms with Crippen LogP contribution < -0.4 is 4.90 Å². The Morgan fingerprint density at radius 1 is 0.810 bits per heavy atom. The highest BCUT2D eigenvalue weighted by Gasteiger charge is 2.28. The molecule has 0 spiro atoms. The first-order chi connectivity index (χ1) is 10.1. The lowest BCUT2D eigenvalue weighted by Crippen LogP contribution is -2.19. The van der Waals surface area contributed by atoms with Gasteiger partial charge in [0.15, 0.2) is 11.4 Å². The first kappa shape index (κ1) is 15.7. The summed E-state index contributed by atoms with van der Waals surface area (Å²) in [5.41, 5.74) is 2.31. The van der Waals surface area contributed by atoms with E-state index >= 15 is 0 Å². The van der Waals surface area contributed by atoms with Gasteiger partial charge in [0, 0.05) is 0 Å². The topological polar surface area (TPSA) is 6.25 Å². The Kier molecular flexibility index (Phi) is 4.88. The van der Waals surface area contributed by atoms with Gasteiger partial charge in [-0.3, -0.25) is 0 Å². The molecule has 0 atom stereocenters. The summed E-state index contributed by atoms with van der Waals surface area (Å²) in [5.74, 6) is 0. The predicted octanol–water partition coefficient (Wildman–Crippen LogP) is 5.93. The Balaban J connectivity index is 2.02. The second-order valence-electron chi connectivity index (χ2n) is 4.64. The molecule has 0 radical (unpaired) electrons. The minimum Gasteiger partial charge on any atom is -0.227 e. The molecule has 108 valence electrons. The first-order valence-corrected chi connectivity index (χ1v) is 9.51. The second-order valence-corrected chi connectivity index (χ2v) is 8.06. The number of rotatable bonds is 2. The van der Waals surface area contributed by atoms with Crippen LogP contribution in [0.1, 0.15) is 0 Å². The Labute approximate surface area is 157 Å². The minimum atomic E-state index is 0.939. The summed E-state index contributed by atoms with van der Waals surface area (Å²) >= 11 is 14.5. The minimum absolute atomic E-state index is 0.939. The van der Waals surface area contributed by atoms with Crippen molar-refractivity contribution in [3.05, 3.63) is 54.3 Å². The van der Waals surface area contributed by atoms with E-state index in [1.807, 2.05) is 12.1 Å². The van der Waals surface area contributed by atoms with E-state index in [1.54, 1.807) is 0 Å². The van der Waals surface area contributed by atoms with Crippen molar-refractivity contribution < 1.29 is 4.58 Å². The molecule has 0 saturated carbocycles. The maximum atomic E-state index is 3.63. The predicted molar refractivity (Wildman–Crippen MR) is 102 cm³/mol. The number of hydrogen-bond acceptors (Lipinski definition) is 1. The molecule has 2 aromatic carbocycles. The Hall–Kier alpha value is -0.170. The molecule has 2 nitrogen and oxygen atoms in total. The maximum absolute atomic E-state index is 3.63. The van der Waals surface area contributed by atoms with Gasteiger partial charge in [-0.25, -0.2) is 9.48 Å². The van der Waals surface area contributed by atoms with E-state index in [1.165, 1.54) is 0 Å². The van der Waals surface area contributed by atoms with Crippen LogP contribution in [0.15, 0.2) is 54.3 Å². The zero-order valence-electron chi connectivity index (χ0n) is 10.9. The molecule has 21 heavy (non-hydrogen) atoms. The molecule has 0 N–H and O–H groups in total. The molecule has 0 fully saturated rings. The van der Waals surface area contributed by atoms with Crippen molar-refractivity contribution >= 4 is 81.4 Å². The van der Waals surface area contributed by atoms with Crippen LogP contribution in [0.25, 0.3) is 0 Å². The third-order valence-electron chi connectivity index (χ3n) is 3.31. The van der Waals surface area contributed by atoms with Crippen LogP contribution in [-0.2, 0) is 0 Å². The Morgan fingerprint density at radius 2 is 1.33 bits per heavy atom. The molecular weight excluding hydrogens is 528 g/mol. The third-order valence-corrected chi connectivity index (χ3v) is 5.87. The number of para-hydroxylation sites is 2. The van der Waals surface area contributed by atoms with Crippen molar-refractivity contribution in [2.24, 2.45) is 0 Å². The van der Waals surface area contributed by atoms with Crippen molar-refractivity contribution in [1.29, 1.82) is 0 Å². The molecule has 2 aromatic rings. The van der Waals surface area contributed by atoms with Gasteiger partial charge in [0.2, 0.25) is 6.34 Å². The average molecular weight is 539 g/mol. The monoisotopic (exact) mass is 535 g/mol. The van der Waals surface area contributed by atoms with Gasteiger partial charge in [-0.15, -0.1) is 0 Å². The van der Waals surface area contributed by atoms with Gasteiger partial charge in [0.05, 0.1) is 17.9 Å². The molecule has 0 bridgehead atoms. The highest BCUT2D eigenvalue weighted by molar-refractivity contribution is 9.11. The van der Waals surface area contributed by atoms with Gasteiger partial charge in [0.25, 0.3) is 0 Å². The van der Waals surface area contributed by atoms with Gasteiger partial charge in [0.1, 0.15) is 13.1 Å². The van der Waals surface area contributed by atoms with Crippen molar-refractivity contribution in [2.45, 2.75) is 0 Å². The second kappa shape index (κ2) is 6.52. The van der Waals surface area contributed by atoms with Crippen LogP contribution in [0.4, 0.5) is 11.4 Å². The lowest BCUT2D eigenvalue weighted by Gasteiger charge is -2.10. The molecular formula is C15H11Br4N2+. The van der Waals surface area contributed by atoms with Crippen LogP contribution in [0.5, 0.6) is 0 Å². The van der Waals surface area contributed by atoms with Crippen LogP contribution in [0.2, 0.25) is 0 Å². The quantitative estimate of drug-likeness (QED) is 0.430. The van der Waals surface area contributed by atoms with Crippen molar-refractivity contribution in [2.75, 3.05) is 18.0 Å². The molecule has 0 saturated heterocycles. The standard InChI is InChI=1S/C15H11Br4N2/c16-10-3-1-4-11(17)14(10)20-7-8-21(9-20)15-12(18)5-2-6-13(15)19/h1-6,9H,7-8H2/q+1. The van der Waals surface area contributed by atoms with E-state index in [0.717, 1.165) is 42.4 Å². The number of halogens is 4. The molecule has 6 heteroatoms. The van der Waals surface area contributed by atoms with E-state index in [4.69, 9.17) is 0 Å². The van der Waals surface area contributed by atoms with Crippen molar-refractivity contribution in [3.63, 3.8) is 0 Å². The number of nitrogens with zero attached hydrogens (tertiary/aromatic N) is 2. The summed E-state index contributed by atoms with van der Waals surface area (Å²) < 4.78 is 6.59. The highest BCUT2D eigenvalue weighted by atomic mass is 79.9. The smallest absolute Gasteiger partial charge is 0.227 e. The fourth-order valence-corrected chi connectivity index (χ4v) is 5.27. The molecule has 0 aliphatic carbocycles. The van der Waals surface area contributed by atoms with Crippen LogP contribution in [-0.4, -0.2) is 24.0 Å². The van der Waals surface area contributed by atoms with Crippen LogP contribution in [0.3, 0.4) is 0 Å². The fraction of sp³-hybridized carbons (Fsp3) is 0.133. The Morgan fingerprint density at radius 3 is 1.90 bits per heavy atom. The highest BCUT2D eigenvalue weighted by Crippen LogP contribution is 2.37. The van der Waals surface area contributed by atoms with Gasteiger partial charge in [-0.05, 0) is 88.0 Å². The summed E-state index contributed by atoms with van der Waals surface area (Å²) in [4.78, 5) is 2.25. The van der Waals surface area contributed by atoms with Gasteiger partial charge < -0.3 is 0 Å². The molecule has 1 heterocycles. The molecule has 1 aliphatic heterocycles. The Bertz CT molecular complexity index is 687. The van der Waals surface area contributed by atoms with Crippen molar-refractivity contribution in [3.8, 4) is 0 Å². The van der Waals surface area contributed by atoms with E-state index < -0.39 is 0 Å². The van der Waals surface area contributed by atoms with Crippen molar-refractivity contribution in [1.82, 2.24) is 0 Å². The lowest BCUT2D eigenvalue weighted by molar-refractivity contribution is -0.425. The zero-order valence-corrected chi connectivity index (χ0v) is 17.2. The SMILES string of the molecule is Brc1cccc(Br)c1N1C=[N+](c2c(Br)cccc2Br)CC1. The third kappa shape index (κ3) is 3.14. The molecule has 1 aliphatic rings. The summed E-state index contributed by atoms with van der Waals surface area (Å²) in [6, 6.07) is 12.3.